The molecule has 1 fully saturated rings. The number of carbonyl (C=O) groups excluding carboxylic acids is 1. The molecule has 1 saturated heterocycles. The molecule has 86 valence electrons. The summed E-state index contributed by atoms with van der Waals surface area (Å²) in [5.41, 5.74) is 0.289. The van der Waals surface area contributed by atoms with E-state index in [1.54, 1.807) is 4.90 Å². The van der Waals surface area contributed by atoms with Crippen molar-refractivity contribution in [3.05, 3.63) is 0 Å². The molecule has 1 N–H and O–H groups in total. The number of carbonyl (C=O) groups is 1. The topological polar surface area (TPSA) is 62.1 Å². The summed E-state index contributed by atoms with van der Waals surface area (Å²) in [5, 5.41) is 11.7. The van der Waals surface area contributed by atoms with Gasteiger partial charge in [0.15, 0.2) is 0 Å². The summed E-state index contributed by atoms with van der Waals surface area (Å²) in [6, 6.07) is 0. The first kappa shape index (κ1) is 11.8. The first-order valence-electron chi connectivity index (χ1n) is 5.10. The Labute approximate surface area is 89.7 Å². The summed E-state index contributed by atoms with van der Waals surface area (Å²) in [4.78, 5) is 13.2. The molecular weight excluding hydrogens is 196 g/mol. The molecule has 0 saturated carbocycles. The van der Waals surface area contributed by atoms with Crippen LogP contribution in [-0.4, -0.2) is 40.6 Å². The van der Waals surface area contributed by atoms with Crippen LogP contribution in [0, 0.1) is 0 Å². The maximum Gasteiger partial charge on any atom is 0.410 e. The second-order valence-corrected chi connectivity index (χ2v) is 4.63. The molecule has 0 spiro atoms. The Bertz CT molecular complexity index is 258. The largest absolute Gasteiger partial charge is 0.444 e. The molecule has 0 bridgehead atoms. The molecule has 1 amide bonds. The van der Waals surface area contributed by atoms with Gasteiger partial charge in [-0.1, -0.05) is 5.16 Å². The lowest BCUT2D eigenvalue weighted by Gasteiger charge is -2.30. The highest BCUT2D eigenvalue weighted by Crippen LogP contribution is 2.13. The Hall–Kier alpha value is -1.26. The lowest BCUT2D eigenvalue weighted by molar-refractivity contribution is 0.0248. The lowest BCUT2D eigenvalue weighted by Crippen LogP contribution is -2.41. The first-order chi connectivity index (χ1) is 6.92. The molecular formula is C10H18N2O3. The summed E-state index contributed by atoms with van der Waals surface area (Å²) >= 11 is 0. The van der Waals surface area contributed by atoms with Gasteiger partial charge in [0.05, 0.1) is 5.71 Å². The Kier molecular flexibility index (Phi) is 3.55. The quantitative estimate of drug-likeness (QED) is 0.494. The number of amides is 1. The summed E-state index contributed by atoms with van der Waals surface area (Å²) in [7, 11) is 0. The molecule has 1 heterocycles. The monoisotopic (exact) mass is 214 g/mol. The fourth-order valence-electron chi connectivity index (χ4n) is 1.37. The fraction of sp³-hybridized carbons (Fsp3) is 0.800. The van der Waals surface area contributed by atoms with Gasteiger partial charge >= 0.3 is 6.09 Å². The molecule has 5 nitrogen and oxygen atoms in total. The Morgan fingerprint density at radius 1 is 1.40 bits per heavy atom. The van der Waals surface area contributed by atoms with Crippen molar-refractivity contribution in [3.8, 4) is 0 Å². The molecule has 0 aromatic rings. The number of likely N-dealkylation sites (tertiary alicyclic amines) is 1. The Morgan fingerprint density at radius 3 is 2.33 bits per heavy atom. The second-order valence-electron chi connectivity index (χ2n) is 4.63. The number of ether oxygens (including phenoxy) is 1. The van der Waals surface area contributed by atoms with Crippen LogP contribution in [-0.2, 0) is 4.74 Å². The van der Waals surface area contributed by atoms with E-state index >= 15 is 0 Å². The second kappa shape index (κ2) is 4.51. The van der Waals surface area contributed by atoms with Crippen molar-refractivity contribution >= 4 is 11.8 Å². The van der Waals surface area contributed by atoms with Crippen molar-refractivity contribution in [2.45, 2.75) is 39.2 Å². The van der Waals surface area contributed by atoms with E-state index in [-0.39, 0.29) is 6.09 Å². The molecule has 1 aliphatic heterocycles. The molecule has 0 aliphatic carbocycles. The maximum atomic E-state index is 11.6. The SMILES string of the molecule is CC(C)(C)OC(=O)N1CCC(=NO)CC1. The van der Waals surface area contributed by atoms with Gasteiger partial charge in [-0.05, 0) is 20.8 Å². The van der Waals surface area contributed by atoms with Crippen molar-refractivity contribution < 1.29 is 14.7 Å². The maximum absolute atomic E-state index is 11.6. The van der Waals surface area contributed by atoms with E-state index in [1.165, 1.54) is 0 Å². The number of oxime groups is 1. The van der Waals surface area contributed by atoms with Gasteiger partial charge in [-0.25, -0.2) is 4.79 Å². The average molecular weight is 214 g/mol. The van der Waals surface area contributed by atoms with E-state index in [0.717, 1.165) is 5.71 Å². The van der Waals surface area contributed by atoms with E-state index in [0.29, 0.717) is 25.9 Å². The van der Waals surface area contributed by atoms with Crippen LogP contribution in [0.1, 0.15) is 33.6 Å². The zero-order chi connectivity index (χ0) is 11.5. The molecule has 1 aliphatic rings. The molecule has 0 aromatic carbocycles. The lowest BCUT2D eigenvalue weighted by atomic mass is 10.1. The van der Waals surface area contributed by atoms with Crippen LogP contribution in [0.3, 0.4) is 0 Å². The highest BCUT2D eigenvalue weighted by atomic mass is 16.6. The summed E-state index contributed by atoms with van der Waals surface area (Å²) < 4.78 is 5.23. The molecule has 0 aromatic heterocycles. The van der Waals surface area contributed by atoms with Crippen LogP contribution in [0.5, 0.6) is 0 Å². The number of nitrogens with zero attached hydrogens (tertiary/aromatic N) is 2. The third-order valence-electron chi connectivity index (χ3n) is 2.13. The van der Waals surface area contributed by atoms with Crippen molar-refractivity contribution in [1.29, 1.82) is 0 Å². The summed E-state index contributed by atoms with van der Waals surface area (Å²) in [6.45, 7) is 6.66. The van der Waals surface area contributed by atoms with Crippen molar-refractivity contribution in [2.75, 3.05) is 13.1 Å². The van der Waals surface area contributed by atoms with Gasteiger partial charge in [-0.2, -0.15) is 0 Å². The van der Waals surface area contributed by atoms with Crippen LogP contribution in [0.15, 0.2) is 5.16 Å². The van der Waals surface area contributed by atoms with Crippen LogP contribution in [0.4, 0.5) is 4.79 Å². The minimum absolute atomic E-state index is 0.292. The Morgan fingerprint density at radius 2 is 1.93 bits per heavy atom. The first-order valence-corrected chi connectivity index (χ1v) is 5.10. The van der Waals surface area contributed by atoms with Gasteiger partial charge in [0.1, 0.15) is 5.60 Å². The summed E-state index contributed by atoms with van der Waals surface area (Å²) in [5.74, 6) is 0. The van der Waals surface area contributed by atoms with E-state index in [1.807, 2.05) is 20.8 Å². The van der Waals surface area contributed by atoms with Gasteiger partial charge < -0.3 is 14.8 Å². The summed E-state index contributed by atoms with van der Waals surface area (Å²) in [6.07, 6.45) is 0.949. The van der Waals surface area contributed by atoms with Crippen molar-refractivity contribution in [1.82, 2.24) is 4.90 Å². The van der Waals surface area contributed by atoms with Crippen LogP contribution in [0.2, 0.25) is 0 Å². The van der Waals surface area contributed by atoms with E-state index < -0.39 is 5.60 Å². The zero-order valence-electron chi connectivity index (χ0n) is 9.49. The minimum atomic E-state index is -0.456. The van der Waals surface area contributed by atoms with Gasteiger partial charge in [-0.3, -0.25) is 0 Å². The van der Waals surface area contributed by atoms with Crippen molar-refractivity contribution in [3.63, 3.8) is 0 Å². The zero-order valence-corrected chi connectivity index (χ0v) is 9.49. The minimum Gasteiger partial charge on any atom is -0.444 e. The number of hydrogen-bond acceptors (Lipinski definition) is 4. The molecule has 0 atom stereocenters. The normalized spacial score (nSPS) is 17.5. The fourth-order valence-corrected chi connectivity index (χ4v) is 1.37. The van der Waals surface area contributed by atoms with Gasteiger partial charge in [0.25, 0.3) is 0 Å². The highest BCUT2D eigenvalue weighted by Gasteiger charge is 2.25. The predicted octanol–water partition coefficient (Wildman–Crippen LogP) is 1.85. The van der Waals surface area contributed by atoms with E-state index in [2.05, 4.69) is 5.16 Å². The molecule has 5 heteroatoms. The average Bonchev–Trinajstić information content (AvgIpc) is 2.15. The molecule has 0 unspecified atom stereocenters. The molecule has 15 heavy (non-hydrogen) atoms. The van der Waals surface area contributed by atoms with Gasteiger partial charge in [0, 0.05) is 25.9 Å². The van der Waals surface area contributed by atoms with Crippen LogP contribution >= 0.6 is 0 Å². The van der Waals surface area contributed by atoms with Gasteiger partial charge in [-0.15, -0.1) is 0 Å². The Balaban J connectivity index is 2.43. The van der Waals surface area contributed by atoms with E-state index in [4.69, 9.17) is 9.94 Å². The van der Waals surface area contributed by atoms with Crippen LogP contribution in [0.25, 0.3) is 0 Å². The van der Waals surface area contributed by atoms with Crippen LogP contribution < -0.4 is 0 Å². The number of piperidine rings is 1. The third-order valence-corrected chi connectivity index (χ3v) is 2.13. The molecule has 1 rings (SSSR count). The standard InChI is InChI=1S/C10H18N2O3/c1-10(2,3)15-9(13)12-6-4-8(11-14)5-7-12/h14H,4-7H2,1-3H3. The van der Waals surface area contributed by atoms with Crippen molar-refractivity contribution in [2.24, 2.45) is 5.16 Å². The number of rotatable bonds is 0. The number of hydrogen-bond donors (Lipinski definition) is 1. The third kappa shape index (κ3) is 3.77. The smallest absolute Gasteiger partial charge is 0.410 e. The predicted molar refractivity (Wildman–Crippen MR) is 56.3 cm³/mol. The molecule has 0 radical (unpaired) electrons. The van der Waals surface area contributed by atoms with E-state index in [9.17, 15) is 4.79 Å². The highest BCUT2D eigenvalue weighted by molar-refractivity contribution is 5.86. The van der Waals surface area contributed by atoms with Gasteiger partial charge in [0.2, 0.25) is 0 Å².